The van der Waals surface area contributed by atoms with Gasteiger partial charge in [-0.3, -0.25) is 9.59 Å². The molecule has 18 heavy (non-hydrogen) atoms. The van der Waals surface area contributed by atoms with Crippen LogP contribution in [0.1, 0.15) is 40.0 Å². The molecule has 2 atom stereocenters. The maximum absolute atomic E-state index is 12.6. The minimum absolute atomic E-state index is 0.00440. The largest absolute Gasteiger partial charge is 0.329 e. The van der Waals surface area contributed by atoms with Crippen molar-refractivity contribution in [3.05, 3.63) is 0 Å². The van der Waals surface area contributed by atoms with E-state index in [0.29, 0.717) is 6.54 Å². The number of terminal acetylenes is 1. The summed E-state index contributed by atoms with van der Waals surface area (Å²) >= 11 is 0. The number of piperazine rings is 1. The van der Waals surface area contributed by atoms with Crippen LogP contribution in [0.3, 0.4) is 0 Å². The molecule has 0 aromatic rings. The van der Waals surface area contributed by atoms with Crippen LogP contribution in [0.25, 0.3) is 0 Å². The zero-order valence-corrected chi connectivity index (χ0v) is 11.3. The van der Waals surface area contributed by atoms with Crippen molar-refractivity contribution in [3.8, 4) is 12.3 Å². The highest BCUT2D eigenvalue weighted by atomic mass is 16.2. The molecule has 0 radical (unpaired) electrons. The van der Waals surface area contributed by atoms with E-state index in [1.807, 2.05) is 13.8 Å². The van der Waals surface area contributed by atoms with Crippen molar-refractivity contribution in [1.29, 1.82) is 0 Å². The number of amides is 2. The third-order valence-electron chi connectivity index (χ3n) is 4.01. The Kier molecular flexibility index (Phi) is 3.10. The summed E-state index contributed by atoms with van der Waals surface area (Å²) in [6.07, 6.45) is 8.25. The number of hydrogen-bond acceptors (Lipinski definition) is 2. The number of carbonyl (C=O) groups excluding carboxylic acids is 2. The standard InChI is InChI=1S/C14H20N2O2/c1-5-14(3,4)16-10(2)12(17)15-9-7-6-8-11(15)13(16)18/h1,10-11H,6-9H2,2-4H3. The molecule has 0 N–H and O–H groups in total. The summed E-state index contributed by atoms with van der Waals surface area (Å²) in [6, 6.07) is -0.757. The average Bonchev–Trinajstić information content (AvgIpc) is 2.36. The minimum atomic E-state index is -0.713. The molecule has 0 spiro atoms. The molecule has 0 bridgehead atoms. The summed E-state index contributed by atoms with van der Waals surface area (Å²) in [5, 5.41) is 0. The summed E-state index contributed by atoms with van der Waals surface area (Å²) in [4.78, 5) is 28.2. The number of fused-ring (bicyclic) bond motifs is 1. The van der Waals surface area contributed by atoms with Crippen molar-refractivity contribution in [2.75, 3.05) is 6.54 Å². The van der Waals surface area contributed by atoms with E-state index in [1.54, 1.807) is 16.7 Å². The van der Waals surface area contributed by atoms with Crippen molar-refractivity contribution in [2.45, 2.75) is 57.7 Å². The Bertz CT molecular complexity index is 422. The van der Waals surface area contributed by atoms with Crippen LogP contribution in [0.15, 0.2) is 0 Å². The Morgan fingerprint density at radius 1 is 1.28 bits per heavy atom. The van der Waals surface area contributed by atoms with Crippen LogP contribution in [0.2, 0.25) is 0 Å². The van der Waals surface area contributed by atoms with Crippen molar-refractivity contribution in [3.63, 3.8) is 0 Å². The average molecular weight is 248 g/mol. The monoisotopic (exact) mass is 248 g/mol. The molecule has 2 aliphatic heterocycles. The summed E-state index contributed by atoms with van der Waals surface area (Å²) in [7, 11) is 0. The Balaban J connectivity index is 2.36. The molecule has 2 rings (SSSR count). The van der Waals surface area contributed by atoms with E-state index in [1.165, 1.54) is 0 Å². The smallest absolute Gasteiger partial charge is 0.247 e. The fraction of sp³-hybridized carbons (Fsp3) is 0.714. The quantitative estimate of drug-likeness (QED) is 0.650. The molecule has 0 aliphatic carbocycles. The number of nitrogens with zero attached hydrogens (tertiary/aromatic N) is 2. The fourth-order valence-corrected chi connectivity index (χ4v) is 2.98. The second-order valence-electron chi connectivity index (χ2n) is 5.63. The van der Waals surface area contributed by atoms with Gasteiger partial charge in [0, 0.05) is 6.54 Å². The predicted molar refractivity (Wildman–Crippen MR) is 68.6 cm³/mol. The molecule has 2 amide bonds. The number of rotatable bonds is 1. The first-order valence-corrected chi connectivity index (χ1v) is 6.51. The second-order valence-corrected chi connectivity index (χ2v) is 5.63. The van der Waals surface area contributed by atoms with Crippen LogP contribution in [0, 0.1) is 12.3 Å². The van der Waals surface area contributed by atoms with Gasteiger partial charge >= 0.3 is 0 Å². The van der Waals surface area contributed by atoms with Gasteiger partial charge in [0.1, 0.15) is 12.1 Å². The van der Waals surface area contributed by atoms with E-state index in [0.717, 1.165) is 19.3 Å². The van der Waals surface area contributed by atoms with Crippen LogP contribution >= 0.6 is 0 Å². The Labute approximate surface area is 108 Å². The van der Waals surface area contributed by atoms with Gasteiger partial charge in [0.05, 0.1) is 5.54 Å². The lowest BCUT2D eigenvalue weighted by molar-refractivity contribution is -0.167. The highest BCUT2D eigenvalue weighted by molar-refractivity contribution is 5.97. The first kappa shape index (κ1) is 12.9. The van der Waals surface area contributed by atoms with Gasteiger partial charge in [0.15, 0.2) is 0 Å². The van der Waals surface area contributed by atoms with Gasteiger partial charge in [-0.1, -0.05) is 5.92 Å². The van der Waals surface area contributed by atoms with Crippen LogP contribution < -0.4 is 0 Å². The van der Waals surface area contributed by atoms with Crippen LogP contribution in [-0.4, -0.2) is 45.8 Å². The van der Waals surface area contributed by atoms with Gasteiger partial charge in [0.25, 0.3) is 0 Å². The van der Waals surface area contributed by atoms with E-state index >= 15 is 0 Å². The molecule has 4 nitrogen and oxygen atoms in total. The molecule has 2 aliphatic rings. The lowest BCUT2D eigenvalue weighted by Gasteiger charge is -2.50. The number of piperidine rings is 1. The van der Waals surface area contributed by atoms with E-state index in [-0.39, 0.29) is 17.9 Å². The predicted octanol–water partition coefficient (Wildman–Crippen LogP) is 1.01. The third-order valence-corrected chi connectivity index (χ3v) is 4.01. The van der Waals surface area contributed by atoms with Gasteiger partial charge in [-0.2, -0.15) is 0 Å². The zero-order chi connectivity index (χ0) is 13.5. The first-order chi connectivity index (χ1) is 8.40. The molecule has 2 fully saturated rings. The maximum Gasteiger partial charge on any atom is 0.247 e. The van der Waals surface area contributed by atoms with Crippen molar-refractivity contribution in [1.82, 2.24) is 9.80 Å². The second kappa shape index (κ2) is 4.31. The molecule has 2 heterocycles. The summed E-state index contributed by atoms with van der Waals surface area (Å²) in [6.45, 7) is 6.09. The highest BCUT2D eigenvalue weighted by Gasteiger charge is 2.48. The van der Waals surface area contributed by atoms with E-state index in [2.05, 4.69) is 5.92 Å². The Morgan fingerprint density at radius 2 is 1.94 bits per heavy atom. The number of hydrogen-bond donors (Lipinski definition) is 0. The zero-order valence-electron chi connectivity index (χ0n) is 11.3. The summed E-state index contributed by atoms with van der Waals surface area (Å²) in [5.74, 6) is 2.66. The van der Waals surface area contributed by atoms with E-state index in [9.17, 15) is 9.59 Å². The topological polar surface area (TPSA) is 40.6 Å². The molecule has 0 aromatic carbocycles. The van der Waals surface area contributed by atoms with Gasteiger partial charge in [0.2, 0.25) is 11.8 Å². The molecule has 2 unspecified atom stereocenters. The highest BCUT2D eigenvalue weighted by Crippen LogP contribution is 2.30. The molecular formula is C14H20N2O2. The van der Waals surface area contributed by atoms with Gasteiger partial charge < -0.3 is 9.80 Å². The molecule has 2 saturated heterocycles. The van der Waals surface area contributed by atoms with Crippen molar-refractivity contribution >= 4 is 11.8 Å². The summed E-state index contributed by atoms with van der Waals surface area (Å²) < 4.78 is 0. The molecular weight excluding hydrogens is 228 g/mol. The fourth-order valence-electron chi connectivity index (χ4n) is 2.98. The molecule has 0 aromatic heterocycles. The van der Waals surface area contributed by atoms with Crippen molar-refractivity contribution < 1.29 is 9.59 Å². The minimum Gasteiger partial charge on any atom is -0.329 e. The molecule has 4 heteroatoms. The summed E-state index contributed by atoms with van der Waals surface area (Å²) in [5.41, 5.74) is -0.713. The first-order valence-electron chi connectivity index (χ1n) is 6.51. The van der Waals surface area contributed by atoms with Crippen LogP contribution in [0.5, 0.6) is 0 Å². The van der Waals surface area contributed by atoms with Crippen LogP contribution in [0.4, 0.5) is 0 Å². The Hall–Kier alpha value is -1.50. The van der Waals surface area contributed by atoms with Crippen molar-refractivity contribution in [2.24, 2.45) is 0 Å². The lowest BCUT2D eigenvalue weighted by Crippen LogP contribution is -2.69. The van der Waals surface area contributed by atoms with E-state index in [4.69, 9.17) is 6.42 Å². The number of carbonyl (C=O) groups is 2. The van der Waals surface area contributed by atoms with Gasteiger partial charge in [-0.25, -0.2) is 0 Å². The van der Waals surface area contributed by atoms with Gasteiger partial charge in [-0.05, 0) is 40.0 Å². The Morgan fingerprint density at radius 3 is 2.56 bits per heavy atom. The third kappa shape index (κ3) is 1.78. The van der Waals surface area contributed by atoms with Crippen LogP contribution in [-0.2, 0) is 9.59 Å². The SMILES string of the molecule is C#CC(C)(C)N1C(=O)C2CCCCN2C(=O)C1C. The normalized spacial score (nSPS) is 29.0. The lowest BCUT2D eigenvalue weighted by atomic mass is 9.91. The molecule has 98 valence electrons. The molecule has 0 saturated carbocycles. The van der Waals surface area contributed by atoms with Gasteiger partial charge in [-0.15, -0.1) is 6.42 Å². The van der Waals surface area contributed by atoms with E-state index < -0.39 is 11.6 Å². The maximum atomic E-state index is 12.6.